The number of benzene rings is 1. The van der Waals surface area contributed by atoms with Crippen molar-refractivity contribution in [2.45, 2.75) is 26.4 Å². The minimum Gasteiger partial charge on any atom is -0.487 e. The van der Waals surface area contributed by atoms with Crippen LogP contribution >= 0.6 is 0 Å². The van der Waals surface area contributed by atoms with Crippen molar-refractivity contribution >= 4 is 0 Å². The van der Waals surface area contributed by atoms with Crippen LogP contribution in [0.15, 0.2) is 24.3 Å². The average molecular weight is 249 g/mol. The van der Waals surface area contributed by atoms with Gasteiger partial charge in [0.25, 0.3) is 0 Å². The summed E-state index contributed by atoms with van der Waals surface area (Å²) in [6.07, 6.45) is 1.17. The molecule has 0 aromatic heterocycles. The average Bonchev–Trinajstić information content (AvgIpc) is 2.81. The van der Waals surface area contributed by atoms with E-state index < -0.39 is 0 Å². The van der Waals surface area contributed by atoms with Gasteiger partial charge in [-0.2, -0.15) is 0 Å². The number of hydrogen-bond acceptors (Lipinski definition) is 3. The third-order valence-corrected chi connectivity index (χ3v) is 3.46. The largest absolute Gasteiger partial charge is 0.487 e. The molecule has 1 atom stereocenters. The van der Waals surface area contributed by atoms with Gasteiger partial charge in [0.15, 0.2) is 0 Å². The van der Waals surface area contributed by atoms with Crippen molar-refractivity contribution in [3.63, 3.8) is 0 Å². The van der Waals surface area contributed by atoms with Crippen molar-refractivity contribution in [3.05, 3.63) is 29.8 Å². The van der Waals surface area contributed by atoms with Crippen LogP contribution in [0.2, 0.25) is 0 Å². The molecule has 0 N–H and O–H groups in total. The second-order valence-electron chi connectivity index (χ2n) is 4.65. The number of rotatable bonds is 7. The Morgan fingerprint density at radius 2 is 2.06 bits per heavy atom. The van der Waals surface area contributed by atoms with Gasteiger partial charge in [-0.3, -0.25) is 0 Å². The Morgan fingerprint density at radius 1 is 1.28 bits per heavy atom. The van der Waals surface area contributed by atoms with Crippen molar-refractivity contribution in [1.29, 1.82) is 0 Å². The Hall–Kier alpha value is -1.06. The first kappa shape index (κ1) is 13.4. The number of hydrogen-bond donors (Lipinski definition) is 0. The van der Waals surface area contributed by atoms with Gasteiger partial charge in [-0.15, -0.1) is 0 Å². The first-order valence-corrected chi connectivity index (χ1v) is 6.88. The molecule has 0 saturated heterocycles. The van der Waals surface area contributed by atoms with E-state index in [2.05, 4.69) is 30.9 Å². The maximum absolute atomic E-state index is 5.83. The van der Waals surface area contributed by atoms with E-state index in [4.69, 9.17) is 9.47 Å². The zero-order valence-electron chi connectivity index (χ0n) is 11.4. The van der Waals surface area contributed by atoms with Gasteiger partial charge in [0, 0.05) is 13.0 Å². The molecule has 100 valence electrons. The van der Waals surface area contributed by atoms with E-state index in [1.165, 1.54) is 5.56 Å². The standard InChI is InChI=1S/C15H23NO2/c1-3-16(4-2)9-10-17-12-14-11-13-7-5-6-8-15(13)18-14/h5-8,14H,3-4,9-12H2,1-2H3. The molecule has 1 unspecified atom stereocenters. The molecule has 0 amide bonds. The van der Waals surface area contributed by atoms with Crippen LogP contribution in [0.1, 0.15) is 19.4 Å². The van der Waals surface area contributed by atoms with Crippen LogP contribution in [0.4, 0.5) is 0 Å². The SMILES string of the molecule is CCN(CC)CCOCC1Cc2ccccc2O1. The smallest absolute Gasteiger partial charge is 0.126 e. The van der Waals surface area contributed by atoms with Gasteiger partial charge in [-0.05, 0) is 24.7 Å². The molecule has 18 heavy (non-hydrogen) atoms. The Morgan fingerprint density at radius 3 is 2.78 bits per heavy atom. The summed E-state index contributed by atoms with van der Waals surface area (Å²) in [4.78, 5) is 2.37. The molecule has 0 bridgehead atoms. The lowest BCUT2D eigenvalue weighted by molar-refractivity contribution is 0.0488. The molecule has 0 radical (unpaired) electrons. The van der Waals surface area contributed by atoms with Crippen molar-refractivity contribution < 1.29 is 9.47 Å². The van der Waals surface area contributed by atoms with Gasteiger partial charge in [-0.1, -0.05) is 32.0 Å². The molecule has 1 aliphatic heterocycles. The molecular formula is C15H23NO2. The van der Waals surface area contributed by atoms with Gasteiger partial charge < -0.3 is 14.4 Å². The summed E-state index contributed by atoms with van der Waals surface area (Å²) in [6.45, 7) is 9.03. The quantitative estimate of drug-likeness (QED) is 0.692. The third-order valence-electron chi connectivity index (χ3n) is 3.46. The second-order valence-corrected chi connectivity index (χ2v) is 4.65. The maximum atomic E-state index is 5.83. The number of nitrogens with zero attached hydrogens (tertiary/aromatic N) is 1. The fourth-order valence-electron chi connectivity index (χ4n) is 2.30. The first-order valence-electron chi connectivity index (χ1n) is 6.88. The van der Waals surface area contributed by atoms with Crippen molar-refractivity contribution in [2.75, 3.05) is 32.8 Å². The topological polar surface area (TPSA) is 21.7 Å². The van der Waals surface area contributed by atoms with E-state index in [0.717, 1.165) is 38.4 Å². The van der Waals surface area contributed by atoms with E-state index in [1.54, 1.807) is 0 Å². The highest BCUT2D eigenvalue weighted by atomic mass is 16.5. The molecule has 0 spiro atoms. The summed E-state index contributed by atoms with van der Waals surface area (Å²) in [5, 5.41) is 0. The Kier molecular flexibility index (Phi) is 5.02. The molecule has 3 nitrogen and oxygen atoms in total. The highest BCUT2D eigenvalue weighted by molar-refractivity contribution is 5.37. The molecule has 1 aliphatic rings. The summed E-state index contributed by atoms with van der Waals surface area (Å²) >= 11 is 0. The molecule has 0 saturated carbocycles. The monoisotopic (exact) mass is 249 g/mol. The molecule has 0 aliphatic carbocycles. The summed E-state index contributed by atoms with van der Waals surface area (Å²) in [5.41, 5.74) is 1.30. The van der Waals surface area contributed by atoms with Crippen molar-refractivity contribution in [3.8, 4) is 5.75 Å². The summed E-state index contributed by atoms with van der Waals surface area (Å²) < 4.78 is 11.5. The highest BCUT2D eigenvalue weighted by Gasteiger charge is 2.22. The molecule has 2 rings (SSSR count). The fraction of sp³-hybridized carbons (Fsp3) is 0.600. The first-order chi connectivity index (χ1) is 8.83. The zero-order valence-corrected chi connectivity index (χ0v) is 11.4. The number of para-hydroxylation sites is 1. The van der Waals surface area contributed by atoms with Gasteiger partial charge in [0.05, 0.1) is 13.2 Å². The lowest BCUT2D eigenvalue weighted by Crippen LogP contribution is -2.29. The third kappa shape index (κ3) is 3.47. The van der Waals surface area contributed by atoms with E-state index in [0.29, 0.717) is 6.61 Å². The van der Waals surface area contributed by atoms with E-state index in [-0.39, 0.29) is 6.10 Å². The van der Waals surface area contributed by atoms with Crippen LogP contribution < -0.4 is 4.74 Å². The molecular weight excluding hydrogens is 226 g/mol. The van der Waals surface area contributed by atoms with Crippen LogP contribution in [-0.2, 0) is 11.2 Å². The molecule has 1 heterocycles. The number of fused-ring (bicyclic) bond motifs is 1. The van der Waals surface area contributed by atoms with Crippen LogP contribution in [-0.4, -0.2) is 43.9 Å². The van der Waals surface area contributed by atoms with Crippen LogP contribution in [0.3, 0.4) is 0 Å². The van der Waals surface area contributed by atoms with Crippen molar-refractivity contribution in [2.24, 2.45) is 0 Å². The lowest BCUT2D eigenvalue weighted by atomic mass is 10.1. The second kappa shape index (κ2) is 6.76. The summed E-state index contributed by atoms with van der Waals surface area (Å²) in [6, 6.07) is 8.24. The number of likely N-dealkylation sites (N-methyl/N-ethyl adjacent to an activating group) is 1. The van der Waals surface area contributed by atoms with Gasteiger partial charge in [0.1, 0.15) is 11.9 Å². The van der Waals surface area contributed by atoms with Gasteiger partial charge >= 0.3 is 0 Å². The lowest BCUT2D eigenvalue weighted by Gasteiger charge is -2.18. The molecule has 1 aromatic rings. The summed E-state index contributed by atoms with van der Waals surface area (Å²) in [7, 11) is 0. The predicted molar refractivity (Wildman–Crippen MR) is 73.2 cm³/mol. The van der Waals surface area contributed by atoms with Crippen LogP contribution in [0.5, 0.6) is 5.75 Å². The minimum atomic E-state index is 0.194. The normalized spacial score (nSPS) is 17.8. The molecule has 0 fully saturated rings. The molecule has 1 aromatic carbocycles. The maximum Gasteiger partial charge on any atom is 0.126 e. The molecule has 3 heteroatoms. The Bertz CT molecular complexity index is 338. The highest BCUT2D eigenvalue weighted by Crippen LogP contribution is 2.27. The van der Waals surface area contributed by atoms with E-state index >= 15 is 0 Å². The van der Waals surface area contributed by atoms with Crippen LogP contribution in [0.25, 0.3) is 0 Å². The van der Waals surface area contributed by atoms with Crippen LogP contribution in [0, 0.1) is 0 Å². The van der Waals surface area contributed by atoms with E-state index in [9.17, 15) is 0 Å². The van der Waals surface area contributed by atoms with E-state index in [1.807, 2.05) is 12.1 Å². The van der Waals surface area contributed by atoms with Crippen molar-refractivity contribution in [1.82, 2.24) is 4.90 Å². The fourth-order valence-corrected chi connectivity index (χ4v) is 2.30. The zero-order chi connectivity index (χ0) is 12.8. The Balaban J connectivity index is 1.65. The predicted octanol–water partition coefficient (Wildman–Crippen LogP) is 2.35. The minimum absolute atomic E-state index is 0.194. The van der Waals surface area contributed by atoms with Gasteiger partial charge in [-0.25, -0.2) is 0 Å². The number of ether oxygens (including phenoxy) is 2. The Labute approximate surface area is 110 Å². The summed E-state index contributed by atoms with van der Waals surface area (Å²) in [5.74, 6) is 1.02. The van der Waals surface area contributed by atoms with Gasteiger partial charge in [0.2, 0.25) is 0 Å².